The topological polar surface area (TPSA) is 62.5 Å². The van der Waals surface area contributed by atoms with Crippen molar-refractivity contribution in [2.75, 3.05) is 31.1 Å². The maximum Gasteiger partial charge on any atom is 0.324 e. The summed E-state index contributed by atoms with van der Waals surface area (Å²) in [5, 5.41) is 4.17. The lowest BCUT2D eigenvalue weighted by Crippen LogP contribution is -2.45. The molecule has 3 heterocycles. The normalized spacial score (nSPS) is 19.2. The Bertz CT molecular complexity index is 814. The van der Waals surface area contributed by atoms with Crippen molar-refractivity contribution in [2.24, 2.45) is 11.8 Å². The van der Waals surface area contributed by atoms with Crippen LogP contribution in [-0.4, -0.2) is 47.1 Å². The third-order valence-corrected chi connectivity index (χ3v) is 6.46. The van der Waals surface area contributed by atoms with E-state index in [1.807, 2.05) is 12.1 Å². The van der Waals surface area contributed by atoms with Crippen LogP contribution in [0.25, 0.3) is 11.4 Å². The van der Waals surface area contributed by atoms with Gasteiger partial charge in [-0.2, -0.15) is 4.98 Å². The van der Waals surface area contributed by atoms with E-state index in [2.05, 4.69) is 52.8 Å². The van der Waals surface area contributed by atoms with Gasteiger partial charge >= 0.3 is 6.01 Å². The predicted octanol–water partition coefficient (Wildman–Crippen LogP) is 4.33. The fourth-order valence-electron chi connectivity index (χ4n) is 4.28. The van der Waals surface area contributed by atoms with E-state index >= 15 is 0 Å². The van der Waals surface area contributed by atoms with E-state index in [4.69, 9.17) is 4.52 Å². The monoisotopic (exact) mass is 396 g/mol. The Morgan fingerprint density at radius 2 is 1.69 bits per heavy atom. The number of carbonyl (C=O) groups is 1. The first-order valence-electron chi connectivity index (χ1n) is 11.0. The van der Waals surface area contributed by atoms with E-state index in [0.717, 1.165) is 63.3 Å². The van der Waals surface area contributed by atoms with E-state index in [1.165, 1.54) is 5.56 Å². The molecule has 1 aromatic carbocycles. The summed E-state index contributed by atoms with van der Waals surface area (Å²) < 4.78 is 5.53. The number of amides is 1. The van der Waals surface area contributed by atoms with E-state index in [-0.39, 0.29) is 5.92 Å². The summed E-state index contributed by atoms with van der Waals surface area (Å²) in [5.41, 5.74) is 2.26. The largest absolute Gasteiger partial charge is 0.342 e. The van der Waals surface area contributed by atoms with Gasteiger partial charge in [0.2, 0.25) is 11.7 Å². The molecule has 2 aromatic rings. The Balaban J connectivity index is 1.34. The second-order valence-corrected chi connectivity index (χ2v) is 8.95. The first-order chi connectivity index (χ1) is 14.0. The summed E-state index contributed by atoms with van der Waals surface area (Å²) in [6.45, 7) is 10.1. The molecule has 156 valence electrons. The lowest BCUT2D eigenvalue weighted by atomic mass is 9.93. The maximum absolute atomic E-state index is 12.8. The summed E-state index contributed by atoms with van der Waals surface area (Å²) in [6, 6.07) is 8.90. The highest BCUT2D eigenvalue weighted by Crippen LogP contribution is 2.27. The molecule has 6 heteroatoms. The van der Waals surface area contributed by atoms with Gasteiger partial charge in [0.1, 0.15) is 0 Å². The number of benzene rings is 1. The molecular formula is C23H32N4O2. The van der Waals surface area contributed by atoms with Gasteiger partial charge in [-0.05, 0) is 43.1 Å². The molecule has 29 heavy (non-hydrogen) atoms. The van der Waals surface area contributed by atoms with E-state index < -0.39 is 0 Å². The molecule has 1 aromatic heterocycles. The highest BCUT2D eigenvalue weighted by Gasteiger charge is 2.31. The minimum atomic E-state index is 0.130. The molecule has 0 unspecified atom stereocenters. The Kier molecular flexibility index (Phi) is 5.88. The summed E-state index contributed by atoms with van der Waals surface area (Å²) in [6.07, 6.45) is 3.97. The fourth-order valence-corrected chi connectivity index (χ4v) is 4.28. The highest BCUT2D eigenvalue weighted by molar-refractivity contribution is 5.79. The van der Waals surface area contributed by atoms with Crippen LogP contribution in [-0.2, 0) is 4.79 Å². The molecule has 0 bridgehead atoms. The molecule has 0 N–H and O–H groups in total. The van der Waals surface area contributed by atoms with Crippen molar-refractivity contribution in [1.29, 1.82) is 0 Å². The number of nitrogens with zero attached hydrogens (tertiary/aromatic N) is 4. The van der Waals surface area contributed by atoms with Gasteiger partial charge in [-0.3, -0.25) is 4.79 Å². The van der Waals surface area contributed by atoms with Gasteiger partial charge in [0, 0.05) is 37.7 Å². The Hall–Kier alpha value is -2.37. The smallest absolute Gasteiger partial charge is 0.324 e. The number of rotatable bonds is 4. The van der Waals surface area contributed by atoms with Gasteiger partial charge in [0.05, 0.1) is 0 Å². The average molecular weight is 397 g/mol. The first kappa shape index (κ1) is 19.9. The third-order valence-electron chi connectivity index (χ3n) is 6.46. The standard InChI is InChI=1S/C23H32N4O2/c1-16(2)18-4-6-19(7-5-18)21-24-23(29-25-21)27-14-10-20(11-15-27)22(28)26-12-8-17(3)9-13-26/h4-7,16-17,20H,8-15H2,1-3H3. The molecule has 4 rings (SSSR count). The van der Waals surface area contributed by atoms with Gasteiger partial charge in [-0.15, -0.1) is 0 Å². The summed E-state index contributed by atoms with van der Waals surface area (Å²) in [7, 11) is 0. The molecule has 2 fully saturated rings. The van der Waals surface area contributed by atoms with E-state index in [9.17, 15) is 4.79 Å². The van der Waals surface area contributed by atoms with Crippen LogP contribution in [0.4, 0.5) is 6.01 Å². The van der Waals surface area contributed by atoms with E-state index in [0.29, 0.717) is 23.7 Å². The quantitative estimate of drug-likeness (QED) is 0.769. The SMILES string of the molecule is CC1CCN(C(=O)C2CCN(c3nc(-c4ccc(C(C)C)cc4)no3)CC2)CC1. The number of hydrogen-bond donors (Lipinski definition) is 0. The number of anilines is 1. The lowest BCUT2D eigenvalue weighted by Gasteiger charge is -2.36. The van der Waals surface area contributed by atoms with Crippen molar-refractivity contribution in [1.82, 2.24) is 15.0 Å². The van der Waals surface area contributed by atoms with Crippen LogP contribution in [0.1, 0.15) is 57.9 Å². The highest BCUT2D eigenvalue weighted by atomic mass is 16.5. The number of hydrogen-bond acceptors (Lipinski definition) is 5. The number of piperidine rings is 2. The van der Waals surface area contributed by atoms with Crippen LogP contribution in [0.2, 0.25) is 0 Å². The minimum absolute atomic E-state index is 0.130. The van der Waals surface area contributed by atoms with Gasteiger partial charge in [0.25, 0.3) is 0 Å². The zero-order valence-electron chi connectivity index (χ0n) is 17.8. The molecule has 0 radical (unpaired) electrons. The molecule has 0 saturated carbocycles. The Morgan fingerprint density at radius 3 is 2.31 bits per heavy atom. The molecular weight excluding hydrogens is 364 g/mol. The zero-order chi connectivity index (χ0) is 20.4. The Morgan fingerprint density at radius 1 is 1.03 bits per heavy atom. The number of likely N-dealkylation sites (tertiary alicyclic amines) is 1. The predicted molar refractivity (Wildman–Crippen MR) is 114 cm³/mol. The van der Waals surface area contributed by atoms with Gasteiger partial charge in [0.15, 0.2) is 0 Å². The van der Waals surface area contributed by atoms with Crippen molar-refractivity contribution in [3.8, 4) is 11.4 Å². The Labute approximate surface area is 173 Å². The number of carbonyl (C=O) groups excluding carboxylic acids is 1. The van der Waals surface area contributed by atoms with Gasteiger partial charge in [-0.25, -0.2) is 0 Å². The molecule has 0 aliphatic carbocycles. The van der Waals surface area contributed by atoms with Gasteiger partial charge < -0.3 is 14.3 Å². The van der Waals surface area contributed by atoms with E-state index in [1.54, 1.807) is 0 Å². The van der Waals surface area contributed by atoms with Crippen molar-refractivity contribution in [3.05, 3.63) is 29.8 Å². The van der Waals surface area contributed by atoms with Crippen molar-refractivity contribution in [2.45, 2.75) is 52.4 Å². The molecule has 2 aliphatic rings. The zero-order valence-corrected chi connectivity index (χ0v) is 17.8. The summed E-state index contributed by atoms with van der Waals surface area (Å²) in [5.74, 6) is 2.34. The van der Waals surface area contributed by atoms with Crippen molar-refractivity contribution >= 4 is 11.9 Å². The number of aromatic nitrogens is 2. The summed E-state index contributed by atoms with van der Waals surface area (Å²) in [4.78, 5) is 21.6. The lowest BCUT2D eigenvalue weighted by molar-refractivity contribution is -0.137. The van der Waals surface area contributed by atoms with Crippen LogP contribution in [0.5, 0.6) is 0 Å². The van der Waals surface area contributed by atoms with Crippen LogP contribution in [0.15, 0.2) is 28.8 Å². The van der Waals surface area contributed by atoms with Crippen LogP contribution in [0, 0.1) is 11.8 Å². The second kappa shape index (κ2) is 8.56. The van der Waals surface area contributed by atoms with Crippen molar-refractivity contribution < 1.29 is 9.32 Å². The van der Waals surface area contributed by atoms with Gasteiger partial charge in [-0.1, -0.05) is 50.2 Å². The molecule has 0 spiro atoms. The minimum Gasteiger partial charge on any atom is -0.342 e. The van der Waals surface area contributed by atoms with Crippen LogP contribution < -0.4 is 4.90 Å². The maximum atomic E-state index is 12.8. The fraction of sp³-hybridized carbons (Fsp3) is 0.609. The van der Waals surface area contributed by atoms with Crippen LogP contribution >= 0.6 is 0 Å². The molecule has 2 aliphatic heterocycles. The van der Waals surface area contributed by atoms with Crippen LogP contribution in [0.3, 0.4) is 0 Å². The molecule has 6 nitrogen and oxygen atoms in total. The van der Waals surface area contributed by atoms with Crippen molar-refractivity contribution in [3.63, 3.8) is 0 Å². The average Bonchev–Trinajstić information content (AvgIpc) is 3.24. The second-order valence-electron chi connectivity index (χ2n) is 8.95. The molecule has 2 saturated heterocycles. The third kappa shape index (κ3) is 4.46. The first-order valence-corrected chi connectivity index (χ1v) is 11.0. The summed E-state index contributed by atoms with van der Waals surface area (Å²) >= 11 is 0. The molecule has 1 amide bonds. The molecule has 0 atom stereocenters.